The van der Waals surface area contributed by atoms with Gasteiger partial charge in [0.1, 0.15) is 5.60 Å². The fourth-order valence-corrected chi connectivity index (χ4v) is 1.93. The summed E-state index contributed by atoms with van der Waals surface area (Å²) in [6.45, 7) is 13.9. The predicted octanol–water partition coefficient (Wildman–Crippen LogP) is 4.17. The van der Waals surface area contributed by atoms with Crippen LogP contribution in [0.25, 0.3) is 0 Å². The van der Waals surface area contributed by atoms with Gasteiger partial charge in [-0.2, -0.15) is 0 Å². The van der Waals surface area contributed by atoms with Gasteiger partial charge in [0, 0.05) is 5.33 Å². The molecular weight excluding hydrogens is 268 g/mol. The summed E-state index contributed by atoms with van der Waals surface area (Å²) in [7, 11) is 0. The highest BCUT2D eigenvalue weighted by Gasteiger charge is 2.37. The maximum atomic E-state index is 12.0. The van der Waals surface area contributed by atoms with E-state index in [4.69, 9.17) is 4.74 Å². The van der Waals surface area contributed by atoms with E-state index in [0.717, 1.165) is 11.8 Å². The standard InChI is InChI=1S/C13H25BrO2/c1-11(2,3)16-10(15)13(6,7)8-12(4,5)9-14/h8-9H2,1-7H3. The molecule has 16 heavy (non-hydrogen) atoms. The summed E-state index contributed by atoms with van der Waals surface area (Å²) in [4.78, 5) is 12.0. The molecule has 3 heteroatoms. The lowest BCUT2D eigenvalue weighted by molar-refractivity contribution is -0.167. The zero-order chi connectivity index (χ0) is 13.2. The number of carbonyl (C=O) groups excluding carboxylic acids is 1. The molecule has 0 fully saturated rings. The molecule has 0 saturated carbocycles. The molecule has 0 radical (unpaired) electrons. The molecule has 0 unspecified atom stereocenters. The number of alkyl halides is 1. The topological polar surface area (TPSA) is 26.3 Å². The van der Waals surface area contributed by atoms with Crippen LogP contribution in [0.4, 0.5) is 0 Å². The van der Waals surface area contributed by atoms with Crippen LogP contribution < -0.4 is 0 Å². The second-order valence-corrected chi connectivity index (χ2v) is 7.42. The van der Waals surface area contributed by atoms with E-state index in [0.29, 0.717) is 0 Å². The van der Waals surface area contributed by atoms with Crippen LogP contribution in [0.1, 0.15) is 54.9 Å². The van der Waals surface area contributed by atoms with E-state index in [2.05, 4.69) is 29.8 Å². The number of rotatable bonds is 4. The third-order valence-corrected chi connectivity index (χ3v) is 3.75. The van der Waals surface area contributed by atoms with Crippen molar-refractivity contribution < 1.29 is 9.53 Å². The van der Waals surface area contributed by atoms with Crippen molar-refractivity contribution in [2.45, 2.75) is 60.5 Å². The highest BCUT2D eigenvalue weighted by Crippen LogP contribution is 2.36. The summed E-state index contributed by atoms with van der Waals surface area (Å²) < 4.78 is 5.44. The second-order valence-electron chi connectivity index (χ2n) is 6.86. The van der Waals surface area contributed by atoms with Crippen molar-refractivity contribution >= 4 is 21.9 Å². The van der Waals surface area contributed by atoms with E-state index < -0.39 is 11.0 Å². The summed E-state index contributed by atoms with van der Waals surface area (Å²) in [6.07, 6.45) is 0.806. The fraction of sp³-hybridized carbons (Fsp3) is 0.923. The van der Waals surface area contributed by atoms with E-state index in [1.807, 2.05) is 34.6 Å². The molecule has 2 nitrogen and oxygen atoms in total. The van der Waals surface area contributed by atoms with Crippen molar-refractivity contribution in [3.05, 3.63) is 0 Å². The van der Waals surface area contributed by atoms with Gasteiger partial charge < -0.3 is 4.74 Å². The van der Waals surface area contributed by atoms with Crippen molar-refractivity contribution in [1.29, 1.82) is 0 Å². The zero-order valence-electron chi connectivity index (χ0n) is 11.6. The molecule has 0 atom stereocenters. The summed E-state index contributed by atoms with van der Waals surface area (Å²) in [5, 5.41) is 0.881. The van der Waals surface area contributed by atoms with Gasteiger partial charge in [0.2, 0.25) is 0 Å². The SMILES string of the molecule is CC(C)(CBr)CC(C)(C)C(=O)OC(C)(C)C. The maximum Gasteiger partial charge on any atom is 0.312 e. The monoisotopic (exact) mass is 292 g/mol. The van der Waals surface area contributed by atoms with Crippen molar-refractivity contribution in [3.8, 4) is 0 Å². The molecule has 0 amide bonds. The third kappa shape index (κ3) is 5.88. The lowest BCUT2D eigenvalue weighted by Crippen LogP contribution is -2.37. The number of esters is 1. The normalized spacial score (nSPS) is 13.8. The molecule has 0 aliphatic heterocycles. The van der Waals surface area contributed by atoms with E-state index in [1.165, 1.54) is 0 Å². The van der Waals surface area contributed by atoms with Crippen LogP contribution in [-0.2, 0) is 9.53 Å². The number of halogens is 1. The van der Waals surface area contributed by atoms with E-state index >= 15 is 0 Å². The van der Waals surface area contributed by atoms with Crippen molar-refractivity contribution in [1.82, 2.24) is 0 Å². The first-order valence-corrected chi connectivity index (χ1v) is 6.81. The number of hydrogen-bond acceptors (Lipinski definition) is 2. The van der Waals surface area contributed by atoms with Crippen LogP contribution in [0, 0.1) is 10.8 Å². The summed E-state index contributed by atoms with van der Waals surface area (Å²) in [6, 6.07) is 0. The van der Waals surface area contributed by atoms with Gasteiger partial charge in [-0.1, -0.05) is 29.8 Å². The molecule has 0 aromatic carbocycles. The lowest BCUT2D eigenvalue weighted by Gasteiger charge is -2.34. The highest BCUT2D eigenvalue weighted by atomic mass is 79.9. The van der Waals surface area contributed by atoms with E-state index in [9.17, 15) is 4.79 Å². The molecular formula is C13H25BrO2. The zero-order valence-corrected chi connectivity index (χ0v) is 13.2. The Morgan fingerprint density at radius 3 is 1.81 bits per heavy atom. The van der Waals surface area contributed by atoms with Crippen molar-refractivity contribution in [3.63, 3.8) is 0 Å². The second kappa shape index (κ2) is 5.07. The largest absolute Gasteiger partial charge is 0.460 e. The molecule has 0 bridgehead atoms. The average molecular weight is 293 g/mol. The number of carbonyl (C=O) groups is 1. The van der Waals surface area contributed by atoms with Gasteiger partial charge in [0.15, 0.2) is 0 Å². The van der Waals surface area contributed by atoms with Gasteiger partial charge >= 0.3 is 5.97 Å². The molecule has 0 heterocycles. The van der Waals surface area contributed by atoms with Crippen LogP contribution in [-0.4, -0.2) is 16.9 Å². The highest BCUT2D eigenvalue weighted by molar-refractivity contribution is 9.09. The Kier molecular flexibility index (Phi) is 5.06. The summed E-state index contributed by atoms with van der Waals surface area (Å²) in [5.74, 6) is -0.117. The maximum absolute atomic E-state index is 12.0. The Morgan fingerprint density at radius 1 is 1.06 bits per heavy atom. The molecule has 0 aromatic heterocycles. The Bertz CT molecular complexity index is 249. The van der Waals surface area contributed by atoms with Gasteiger partial charge in [-0.15, -0.1) is 0 Å². The fourth-order valence-electron chi connectivity index (χ4n) is 1.73. The van der Waals surface area contributed by atoms with Gasteiger partial charge in [0.25, 0.3) is 0 Å². The molecule has 96 valence electrons. The number of ether oxygens (including phenoxy) is 1. The predicted molar refractivity (Wildman–Crippen MR) is 71.8 cm³/mol. The first-order valence-electron chi connectivity index (χ1n) is 5.69. The quantitative estimate of drug-likeness (QED) is 0.574. The summed E-state index contributed by atoms with van der Waals surface area (Å²) >= 11 is 3.48. The van der Waals surface area contributed by atoms with E-state index in [1.54, 1.807) is 0 Å². The smallest absolute Gasteiger partial charge is 0.312 e. The summed E-state index contributed by atoms with van der Waals surface area (Å²) in [5.41, 5.74) is -0.752. The van der Waals surface area contributed by atoms with Gasteiger partial charge in [-0.3, -0.25) is 4.79 Å². The number of hydrogen-bond donors (Lipinski definition) is 0. The molecule has 0 aliphatic rings. The Balaban J connectivity index is 4.61. The molecule has 0 aromatic rings. The molecule has 0 saturated heterocycles. The third-order valence-electron chi connectivity index (χ3n) is 2.23. The Morgan fingerprint density at radius 2 is 1.50 bits per heavy atom. The van der Waals surface area contributed by atoms with Gasteiger partial charge in [-0.05, 0) is 46.5 Å². The molecule has 0 N–H and O–H groups in total. The Hall–Kier alpha value is -0.0500. The van der Waals surface area contributed by atoms with Crippen LogP contribution >= 0.6 is 15.9 Å². The van der Waals surface area contributed by atoms with Gasteiger partial charge in [-0.25, -0.2) is 0 Å². The Labute approximate surface area is 108 Å². The molecule has 0 aliphatic carbocycles. The van der Waals surface area contributed by atoms with Crippen LogP contribution in [0.2, 0.25) is 0 Å². The van der Waals surface area contributed by atoms with Gasteiger partial charge in [0.05, 0.1) is 5.41 Å². The van der Waals surface area contributed by atoms with Crippen molar-refractivity contribution in [2.75, 3.05) is 5.33 Å². The first-order chi connectivity index (χ1) is 6.90. The minimum absolute atomic E-state index is 0.0976. The first kappa shape index (κ1) is 16.0. The molecule has 0 rings (SSSR count). The minimum atomic E-state index is -0.440. The lowest BCUT2D eigenvalue weighted by atomic mass is 9.76. The minimum Gasteiger partial charge on any atom is -0.460 e. The van der Waals surface area contributed by atoms with E-state index in [-0.39, 0.29) is 11.4 Å². The molecule has 0 spiro atoms. The van der Waals surface area contributed by atoms with Crippen LogP contribution in [0.3, 0.4) is 0 Å². The van der Waals surface area contributed by atoms with Crippen molar-refractivity contribution in [2.24, 2.45) is 10.8 Å². The average Bonchev–Trinajstić information content (AvgIpc) is 1.99. The van der Waals surface area contributed by atoms with Crippen LogP contribution in [0.15, 0.2) is 0 Å². The van der Waals surface area contributed by atoms with Crippen LogP contribution in [0.5, 0.6) is 0 Å².